The van der Waals surface area contributed by atoms with Crippen LogP contribution in [0.3, 0.4) is 0 Å². The first kappa shape index (κ1) is 13.4. The second-order valence-electron chi connectivity index (χ2n) is 4.70. The molecule has 4 heteroatoms. The van der Waals surface area contributed by atoms with Gasteiger partial charge in [0, 0.05) is 11.8 Å². The topological polar surface area (TPSA) is 55.1 Å². The van der Waals surface area contributed by atoms with Crippen LogP contribution < -0.4 is 11.1 Å². The maximum atomic E-state index is 11.9. The molecule has 3 N–H and O–H groups in total. The number of hydrogen-bond acceptors (Lipinski definition) is 3. The molecule has 1 saturated heterocycles. The fourth-order valence-electron chi connectivity index (χ4n) is 2.05. The molecule has 0 saturated carbocycles. The molecule has 1 heterocycles. The predicted octanol–water partition coefficient (Wildman–Crippen LogP) is 1.57. The SMILES string of the molecule is NC(CCc1ccccc1)C(=O)NC1CCSC1. The number of carbonyl (C=O) groups excluding carboxylic acids is 1. The van der Waals surface area contributed by atoms with Gasteiger partial charge in [0.05, 0.1) is 6.04 Å². The van der Waals surface area contributed by atoms with Crippen LogP contribution in [0.4, 0.5) is 0 Å². The summed E-state index contributed by atoms with van der Waals surface area (Å²) in [6.45, 7) is 0. The van der Waals surface area contributed by atoms with E-state index in [-0.39, 0.29) is 5.91 Å². The van der Waals surface area contributed by atoms with Crippen molar-refractivity contribution < 1.29 is 4.79 Å². The van der Waals surface area contributed by atoms with Gasteiger partial charge in [-0.25, -0.2) is 0 Å². The van der Waals surface area contributed by atoms with Crippen molar-refractivity contribution in [2.45, 2.75) is 31.3 Å². The lowest BCUT2D eigenvalue weighted by molar-refractivity contribution is -0.123. The van der Waals surface area contributed by atoms with Crippen LogP contribution in [-0.2, 0) is 11.2 Å². The number of thioether (sulfide) groups is 1. The number of benzene rings is 1. The zero-order valence-corrected chi connectivity index (χ0v) is 11.3. The Morgan fingerprint density at radius 1 is 1.44 bits per heavy atom. The molecule has 1 amide bonds. The van der Waals surface area contributed by atoms with Crippen molar-refractivity contribution >= 4 is 17.7 Å². The molecule has 0 bridgehead atoms. The van der Waals surface area contributed by atoms with Crippen LogP contribution in [0.1, 0.15) is 18.4 Å². The third-order valence-electron chi connectivity index (χ3n) is 3.20. The second-order valence-corrected chi connectivity index (χ2v) is 5.85. The van der Waals surface area contributed by atoms with E-state index in [9.17, 15) is 4.79 Å². The lowest BCUT2D eigenvalue weighted by atomic mass is 10.1. The van der Waals surface area contributed by atoms with E-state index in [0.717, 1.165) is 24.3 Å². The average Bonchev–Trinajstić information content (AvgIpc) is 2.90. The quantitative estimate of drug-likeness (QED) is 0.849. The highest BCUT2D eigenvalue weighted by molar-refractivity contribution is 7.99. The van der Waals surface area contributed by atoms with E-state index in [1.54, 1.807) is 0 Å². The molecule has 0 spiro atoms. The van der Waals surface area contributed by atoms with Crippen molar-refractivity contribution in [3.05, 3.63) is 35.9 Å². The van der Waals surface area contributed by atoms with Crippen molar-refractivity contribution in [1.29, 1.82) is 0 Å². The van der Waals surface area contributed by atoms with Gasteiger partial charge in [0.2, 0.25) is 5.91 Å². The molecule has 98 valence electrons. The van der Waals surface area contributed by atoms with Gasteiger partial charge in [-0.15, -0.1) is 0 Å². The van der Waals surface area contributed by atoms with Gasteiger partial charge in [-0.2, -0.15) is 11.8 Å². The fraction of sp³-hybridized carbons (Fsp3) is 0.500. The third-order valence-corrected chi connectivity index (χ3v) is 4.36. The van der Waals surface area contributed by atoms with E-state index >= 15 is 0 Å². The maximum absolute atomic E-state index is 11.9. The van der Waals surface area contributed by atoms with Crippen LogP contribution in [0.2, 0.25) is 0 Å². The van der Waals surface area contributed by atoms with Crippen LogP contribution in [0, 0.1) is 0 Å². The Balaban J connectivity index is 1.73. The number of hydrogen-bond donors (Lipinski definition) is 2. The van der Waals surface area contributed by atoms with E-state index in [1.807, 2.05) is 30.0 Å². The van der Waals surface area contributed by atoms with Gasteiger partial charge in [-0.3, -0.25) is 4.79 Å². The fourth-order valence-corrected chi connectivity index (χ4v) is 3.21. The summed E-state index contributed by atoms with van der Waals surface area (Å²) in [5, 5.41) is 3.03. The lowest BCUT2D eigenvalue weighted by Gasteiger charge is -2.16. The van der Waals surface area contributed by atoms with Crippen molar-refractivity contribution in [3.63, 3.8) is 0 Å². The average molecular weight is 264 g/mol. The molecular formula is C14H20N2OS. The zero-order chi connectivity index (χ0) is 12.8. The van der Waals surface area contributed by atoms with Gasteiger partial charge in [0.25, 0.3) is 0 Å². The minimum Gasteiger partial charge on any atom is -0.351 e. The summed E-state index contributed by atoms with van der Waals surface area (Å²) >= 11 is 1.89. The van der Waals surface area contributed by atoms with E-state index in [4.69, 9.17) is 5.73 Å². The Morgan fingerprint density at radius 3 is 2.89 bits per heavy atom. The van der Waals surface area contributed by atoms with Crippen LogP contribution >= 0.6 is 11.8 Å². The van der Waals surface area contributed by atoms with Crippen LogP contribution in [0.5, 0.6) is 0 Å². The molecule has 0 radical (unpaired) electrons. The third kappa shape index (κ3) is 4.03. The summed E-state index contributed by atoms with van der Waals surface area (Å²) < 4.78 is 0. The molecule has 1 aliphatic heterocycles. The molecule has 1 aromatic carbocycles. The molecule has 2 unspecified atom stereocenters. The molecule has 0 aliphatic carbocycles. The lowest BCUT2D eigenvalue weighted by Crippen LogP contribution is -2.45. The van der Waals surface area contributed by atoms with E-state index in [0.29, 0.717) is 12.5 Å². The molecule has 1 fully saturated rings. The molecular weight excluding hydrogens is 244 g/mol. The van der Waals surface area contributed by atoms with Crippen molar-refractivity contribution in [2.75, 3.05) is 11.5 Å². The van der Waals surface area contributed by atoms with Gasteiger partial charge in [0.1, 0.15) is 0 Å². The summed E-state index contributed by atoms with van der Waals surface area (Å²) in [5.41, 5.74) is 7.16. The summed E-state index contributed by atoms with van der Waals surface area (Å²) in [6.07, 6.45) is 2.63. The Hall–Kier alpha value is -1.00. The minimum atomic E-state index is -0.393. The van der Waals surface area contributed by atoms with E-state index in [1.165, 1.54) is 5.56 Å². The Labute approximate surface area is 113 Å². The highest BCUT2D eigenvalue weighted by Gasteiger charge is 2.20. The van der Waals surface area contributed by atoms with Crippen LogP contribution in [0.15, 0.2) is 30.3 Å². The van der Waals surface area contributed by atoms with Gasteiger partial charge in [-0.1, -0.05) is 30.3 Å². The molecule has 3 nitrogen and oxygen atoms in total. The van der Waals surface area contributed by atoms with Gasteiger partial charge < -0.3 is 11.1 Å². The minimum absolute atomic E-state index is 0.00145. The molecule has 1 aromatic rings. The number of amides is 1. The molecule has 18 heavy (non-hydrogen) atoms. The van der Waals surface area contributed by atoms with Crippen LogP contribution in [-0.4, -0.2) is 29.5 Å². The first-order chi connectivity index (χ1) is 8.75. The van der Waals surface area contributed by atoms with Crippen LogP contribution in [0.25, 0.3) is 0 Å². The van der Waals surface area contributed by atoms with E-state index in [2.05, 4.69) is 17.4 Å². The predicted molar refractivity (Wildman–Crippen MR) is 76.6 cm³/mol. The molecule has 2 rings (SSSR count). The van der Waals surface area contributed by atoms with E-state index < -0.39 is 6.04 Å². The zero-order valence-electron chi connectivity index (χ0n) is 10.5. The van der Waals surface area contributed by atoms with Crippen molar-refractivity contribution in [1.82, 2.24) is 5.32 Å². The normalized spacial score (nSPS) is 20.6. The molecule has 1 aliphatic rings. The molecule has 0 aromatic heterocycles. The van der Waals surface area contributed by atoms with Gasteiger partial charge in [-0.05, 0) is 30.6 Å². The second kappa shape index (κ2) is 6.81. The number of carbonyl (C=O) groups is 1. The standard InChI is InChI=1S/C14H20N2OS/c15-13(7-6-11-4-2-1-3-5-11)14(17)16-12-8-9-18-10-12/h1-5,12-13H,6-10,15H2,(H,16,17). The van der Waals surface area contributed by atoms with Gasteiger partial charge >= 0.3 is 0 Å². The summed E-state index contributed by atoms with van der Waals surface area (Å²) in [6, 6.07) is 10.1. The van der Waals surface area contributed by atoms with Crippen molar-refractivity contribution in [3.8, 4) is 0 Å². The number of aryl methyl sites for hydroxylation is 1. The number of nitrogens with one attached hydrogen (secondary N) is 1. The highest BCUT2D eigenvalue weighted by atomic mass is 32.2. The van der Waals surface area contributed by atoms with Crippen molar-refractivity contribution in [2.24, 2.45) is 5.73 Å². The summed E-state index contributed by atoms with van der Waals surface area (Å²) in [7, 11) is 0. The highest BCUT2D eigenvalue weighted by Crippen LogP contribution is 2.17. The summed E-state index contributed by atoms with van der Waals surface area (Å²) in [5.74, 6) is 2.17. The first-order valence-electron chi connectivity index (χ1n) is 6.43. The maximum Gasteiger partial charge on any atom is 0.237 e. The smallest absolute Gasteiger partial charge is 0.237 e. The molecule has 2 atom stereocenters. The number of nitrogens with two attached hydrogens (primary N) is 1. The monoisotopic (exact) mass is 264 g/mol. The number of rotatable bonds is 5. The Kier molecular flexibility index (Phi) is 5.08. The van der Waals surface area contributed by atoms with Gasteiger partial charge in [0.15, 0.2) is 0 Å². The first-order valence-corrected chi connectivity index (χ1v) is 7.59. The summed E-state index contributed by atoms with van der Waals surface area (Å²) in [4.78, 5) is 11.9. The Morgan fingerprint density at radius 2 is 2.22 bits per heavy atom. The Bertz CT molecular complexity index is 377. The largest absolute Gasteiger partial charge is 0.351 e.